The fourth-order valence-electron chi connectivity index (χ4n) is 0.869. The summed E-state index contributed by atoms with van der Waals surface area (Å²) in [6.07, 6.45) is 1.32. The van der Waals surface area contributed by atoms with E-state index < -0.39 is 0 Å². The van der Waals surface area contributed by atoms with Crippen molar-refractivity contribution in [2.75, 3.05) is 6.54 Å². The molecular formula is C8H10BrNOS. The molecule has 0 atom stereocenters. The summed E-state index contributed by atoms with van der Waals surface area (Å²) in [7, 11) is 0. The van der Waals surface area contributed by atoms with E-state index in [0.717, 1.165) is 15.8 Å². The average Bonchev–Trinajstić information content (AvgIpc) is 2.47. The number of hydrogen-bond acceptors (Lipinski definition) is 3. The van der Waals surface area contributed by atoms with Crippen LogP contribution in [0.2, 0.25) is 0 Å². The van der Waals surface area contributed by atoms with Crippen molar-refractivity contribution in [2.45, 2.75) is 12.8 Å². The van der Waals surface area contributed by atoms with E-state index in [4.69, 9.17) is 5.73 Å². The molecule has 0 aromatic carbocycles. The smallest absolute Gasteiger partial charge is 0.173 e. The Hall–Kier alpha value is -0.190. The molecule has 2 N–H and O–H groups in total. The van der Waals surface area contributed by atoms with Crippen LogP contribution in [-0.4, -0.2) is 12.3 Å². The Balaban J connectivity index is 2.59. The minimum Gasteiger partial charge on any atom is -0.330 e. The number of halogens is 1. The summed E-state index contributed by atoms with van der Waals surface area (Å²) >= 11 is 4.79. The van der Waals surface area contributed by atoms with E-state index >= 15 is 0 Å². The highest BCUT2D eigenvalue weighted by Gasteiger charge is 2.09. The molecule has 1 heterocycles. The second-order valence-corrected chi connectivity index (χ2v) is 4.18. The molecule has 0 fully saturated rings. The molecule has 0 spiro atoms. The van der Waals surface area contributed by atoms with Gasteiger partial charge in [0.25, 0.3) is 0 Å². The van der Waals surface area contributed by atoms with Crippen LogP contribution >= 0.6 is 27.3 Å². The number of Topliss-reactive ketones (excluding diaryl/α,β-unsaturated/α-hetero) is 1. The summed E-state index contributed by atoms with van der Waals surface area (Å²) in [5.41, 5.74) is 5.31. The molecule has 12 heavy (non-hydrogen) atoms. The molecule has 0 bridgehead atoms. The van der Waals surface area contributed by atoms with Gasteiger partial charge in [0.15, 0.2) is 5.78 Å². The first-order valence-corrected chi connectivity index (χ1v) is 5.39. The van der Waals surface area contributed by atoms with E-state index in [-0.39, 0.29) is 5.78 Å². The van der Waals surface area contributed by atoms with Crippen molar-refractivity contribution in [1.29, 1.82) is 0 Å². The largest absolute Gasteiger partial charge is 0.330 e. The summed E-state index contributed by atoms with van der Waals surface area (Å²) in [4.78, 5) is 12.2. The summed E-state index contributed by atoms with van der Waals surface area (Å²) in [6, 6.07) is 1.89. The summed E-state index contributed by atoms with van der Waals surface area (Å²) in [6.45, 7) is 0.578. The molecule has 1 rings (SSSR count). The number of nitrogens with two attached hydrogens (primary N) is 1. The van der Waals surface area contributed by atoms with Gasteiger partial charge in [-0.25, -0.2) is 0 Å². The van der Waals surface area contributed by atoms with E-state index in [0.29, 0.717) is 13.0 Å². The van der Waals surface area contributed by atoms with Gasteiger partial charge in [-0.2, -0.15) is 0 Å². The normalized spacial score (nSPS) is 10.2. The number of hydrogen-bond donors (Lipinski definition) is 1. The zero-order valence-electron chi connectivity index (χ0n) is 6.55. The molecule has 0 radical (unpaired) electrons. The van der Waals surface area contributed by atoms with Crippen molar-refractivity contribution in [3.63, 3.8) is 0 Å². The summed E-state index contributed by atoms with van der Waals surface area (Å²) < 4.78 is 0.898. The van der Waals surface area contributed by atoms with Crippen LogP contribution in [0.1, 0.15) is 22.5 Å². The molecule has 2 nitrogen and oxygen atoms in total. The molecule has 1 aromatic heterocycles. The third-order valence-corrected chi connectivity index (χ3v) is 3.36. The van der Waals surface area contributed by atoms with Gasteiger partial charge in [0.2, 0.25) is 0 Å². The molecule has 0 saturated heterocycles. The van der Waals surface area contributed by atoms with Crippen molar-refractivity contribution in [1.82, 2.24) is 0 Å². The molecule has 66 valence electrons. The summed E-state index contributed by atoms with van der Waals surface area (Å²) in [5.74, 6) is 0.183. The van der Waals surface area contributed by atoms with Gasteiger partial charge in [-0.15, -0.1) is 11.3 Å². The highest BCUT2D eigenvalue weighted by atomic mass is 79.9. The lowest BCUT2D eigenvalue weighted by Crippen LogP contribution is -2.03. The Labute approximate surface area is 83.9 Å². The maximum atomic E-state index is 11.4. The Kier molecular flexibility index (Phi) is 3.91. The second-order valence-electron chi connectivity index (χ2n) is 2.41. The van der Waals surface area contributed by atoms with Crippen molar-refractivity contribution in [2.24, 2.45) is 5.73 Å². The molecule has 0 aliphatic rings. The zero-order valence-corrected chi connectivity index (χ0v) is 8.95. The standard InChI is InChI=1S/C8H10BrNOS/c9-6-3-5-12-8(6)7(11)2-1-4-10/h3,5H,1-2,4,10H2. The van der Waals surface area contributed by atoms with Gasteiger partial charge in [-0.05, 0) is 40.3 Å². The first-order valence-electron chi connectivity index (χ1n) is 3.72. The highest BCUT2D eigenvalue weighted by molar-refractivity contribution is 9.10. The third kappa shape index (κ3) is 2.40. The van der Waals surface area contributed by atoms with Gasteiger partial charge in [0.05, 0.1) is 4.88 Å². The van der Waals surface area contributed by atoms with Crippen LogP contribution in [0.15, 0.2) is 15.9 Å². The molecular weight excluding hydrogens is 238 g/mol. The highest BCUT2D eigenvalue weighted by Crippen LogP contribution is 2.24. The monoisotopic (exact) mass is 247 g/mol. The van der Waals surface area contributed by atoms with Gasteiger partial charge in [0, 0.05) is 10.9 Å². The minimum absolute atomic E-state index is 0.183. The van der Waals surface area contributed by atoms with E-state index in [1.165, 1.54) is 11.3 Å². The third-order valence-electron chi connectivity index (χ3n) is 1.48. The minimum atomic E-state index is 0.183. The van der Waals surface area contributed by atoms with Gasteiger partial charge in [0.1, 0.15) is 0 Å². The van der Waals surface area contributed by atoms with Gasteiger partial charge in [-0.3, -0.25) is 4.79 Å². The Bertz CT molecular complexity index is 272. The van der Waals surface area contributed by atoms with Crippen LogP contribution in [0.5, 0.6) is 0 Å². The fraction of sp³-hybridized carbons (Fsp3) is 0.375. The van der Waals surface area contributed by atoms with E-state index in [1.807, 2.05) is 11.4 Å². The van der Waals surface area contributed by atoms with Gasteiger partial charge >= 0.3 is 0 Å². The maximum Gasteiger partial charge on any atom is 0.173 e. The number of carbonyl (C=O) groups is 1. The zero-order chi connectivity index (χ0) is 8.97. The molecule has 0 saturated carbocycles. The lowest BCUT2D eigenvalue weighted by atomic mass is 10.2. The maximum absolute atomic E-state index is 11.4. The average molecular weight is 248 g/mol. The van der Waals surface area contributed by atoms with Crippen LogP contribution < -0.4 is 5.73 Å². The van der Waals surface area contributed by atoms with E-state index in [9.17, 15) is 4.79 Å². The molecule has 4 heteroatoms. The van der Waals surface area contributed by atoms with Crippen LogP contribution in [0.3, 0.4) is 0 Å². The lowest BCUT2D eigenvalue weighted by molar-refractivity contribution is 0.0984. The predicted molar refractivity (Wildman–Crippen MR) is 54.6 cm³/mol. The predicted octanol–water partition coefficient (Wildman–Crippen LogP) is 2.43. The van der Waals surface area contributed by atoms with Crippen molar-refractivity contribution >= 4 is 33.0 Å². The van der Waals surface area contributed by atoms with Crippen molar-refractivity contribution in [3.05, 3.63) is 20.8 Å². The quantitative estimate of drug-likeness (QED) is 0.831. The SMILES string of the molecule is NCCCC(=O)c1sccc1Br. The van der Waals surface area contributed by atoms with Crippen LogP contribution in [0, 0.1) is 0 Å². The second kappa shape index (κ2) is 4.74. The van der Waals surface area contributed by atoms with Crippen LogP contribution in [0.25, 0.3) is 0 Å². The Morgan fingerprint density at radius 2 is 2.42 bits per heavy atom. The molecule has 1 aromatic rings. The topological polar surface area (TPSA) is 43.1 Å². The Morgan fingerprint density at radius 1 is 1.67 bits per heavy atom. The summed E-state index contributed by atoms with van der Waals surface area (Å²) in [5, 5.41) is 1.90. The number of ketones is 1. The first kappa shape index (κ1) is 9.89. The molecule has 0 amide bonds. The molecule has 0 aliphatic carbocycles. The number of carbonyl (C=O) groups excluding carboxylic acids is 1. The van der Waals surface area contributed by atoms with Crippen LogP contribution in [-0.2, 0) is 0 Å². The van der Waals surface area contributed by atoms with Crippen LogP contribution in [0.4, 0.5) is 0 Å². The molecule has 0 aliphatic heterocycles. The van der Waals surface area contributed by atoms with E-state index in [2.05, 4.69) is 15.9 Å². The lowest BCUT2D eigenvalue weighted by Gasteiger charge is -1.96. The first-order chi connectivity index (χ1) is 5.75. The number of thiophene rings is 1. The van der Waals surface area contributed by atoms with Gasteiger partial charge in [-0.1, -0.05) is 0 Å². The van der Waals surface area contributed by atoms with E-state index in [1.54, 1.807) is 0 Å². The Morgan fingerprint density at radius 3 is 2.92 bits per heavy atom. The van der Waals surface area contributed by atoms with Crippen molar-refractivity contribution < 1.29 is 4.79 Å². The molecule has 0 unspecified atom stereocenters. The fourth-order valence-corrected chi connectivity index (χ4v) is 2.43. The number of rotatable bonds is 4. The van der Waals surface area contributed by atoms with Gasteiger partial charge < -0.3 is 5.73 Å². The van der Waals surface area contributed by atoms with Crippen molar-refractivity contribution in [3.8, 4) is 0 Å².